The number of anilines is 1. The quantitative estimate of drug-likeness (QED) is 0.335. The van der Waals surface area contributed by atoms with E-state index in [4.69, 9.17) is 14.2 Å². The lowest BCUT2D eigenvalue weighted by atomic mass is 9.95. The Labute approximate surface area is 243 Å². The third-order valence-corrected chi connectivity index (χ3v) is 9.86. The number of amides is 2. The number of hydrogen-bond acceptors (Lipinski definition) is 11. The average Bonchev–Trinajstić information content (AvgIpc) is 3.44. The number of fused-ring (bicyclic) bond motifs is 2. The second-order valence-electron chi connectivity index (χ2n) is 9.10. The van der Waals surface area contributed by atoms with Gasteiger partial charge < -0.3 is 24.1 Å². The van der Waals surface area contributed by atoms with Crippen LogP contribution >= 0.6 is 22.7 Å². The maximum Gasteiger partial charge on any atom is 0.341 e. The van der Waals surface area contributed by atoms with E-state index in [0.717, 1.165) is 41.0 Å². The van der Waals surface area contributed by atoms with Crippen LogP contribution in [-0.2, 0) is 53.1 Å². The van der Waals surface area contributed by atoms with Crippen molar-refractivity contribution in [1.82, 2.24) is 4.57 Å². The molecule has 15 heteroatoms. The molecule has 1 aliphatic rings. The van der Waals surface area contributed by atoms with Gasteiger partial charge in [0.05, 0.1) is 36.6 Å². The molecule has 0 saturated carbocycles. The summed E-state index contributed by atoms with van der Waals surface area (Å²) in [7, 11) is -1.51. The molecule has 1 aromatic carbocycles. The predicted molar refractivity (Wildman–Crippen MR) is 153 cm³/mol. The molecule has 1 N–H and O–H groups in total. The van der Waals surface area contributed by atoms with Crippen molar-refractivity contribution < 1.29 is 41.8 Å². The Balaban J connectivity index is 1.53. The second kappa shape index (κ2) is 13.0. The zero-order valence-corrected chi connectivity index (χ0v) is 25.1. The second-order valence-corrected chi connectivity index (χ2v) is 13.3. The van der Waals surface area contributed by atoms with Gasteiger partial charge in [-0.1, -0.05) is 11.3 Å². The summed E-state index contributed by atoms with van der Waals surface area (Å²) >= 11 is 2.31. The molecule has 12 nitrogen and oxygen atoms in total. The van der Waals surface area contributed by atoms with Crippen LogP contribution in [0, 0.1) is 0 Å². The summed E-state index contributed by atoms with van der Waals surface area (Å²) in [5.41, 5.74) is 1.67. The average molecular weight is 624 g/mol. The smallest absolute Gasteiger partial charge is 0.341 e. The van der Waals surface area contributed by atoms with Crippen LogP contribution < -0.4 is 14.9 Å². The molecule has 3 aromatic rings. The molecule has 0 bridgehead atoms. The minimum absolute atomic E-state index is 0.0894. The van der Waals surface area contributed by atoms with Crippen LogP contribution in [0.2, 0.25) is 0 Å². The summed E-state index contributed by atoms with van der Waals surface area (Å²) in [6.45, 7) is 1.58. The first-order chi connectivity index (χ1) is 19.5. The highest BCUT2D eigenvalue weighted by molar-refractivity contribution is 7.92. The number of methoxy groups -OCH3 is 2. The molecule has 0 spiro atoms. The number of ether oxygens (including phenoxy) is 3. The summed E-state index contributed by atoms with van der Waals surface area (Å²) in [5, 5.41) is 2.79. The maximum atomic E-state index is 12.8. The SMILES string of the molecule is CCOC(=O)c1c(NC(=O)CS(=O)(=O)CC(=O)N=c2sc3cc(OC)ccc3n2CC(=O)OC)sc2c1CCCC2. The van der Waals surface area contributed by atoms with E-state index in [9.17, 15) is 27.6 Å². The van der Waals surface area contributed by atoms with E-state index < -0.39 is 45.1 Å². The van der Waals surface area contributed by atoms with Gasteiger partial charge in [0, 0.05) is 4.88 Å². The van der Waals surface area contributed by atoms with Crippen molar-refractivity contribution in [2.24, 2.45) is 4.99 Å². The Bertz CT molecular complexity index is 1680. The fraction of sp³-hybridized carbons (Fsp3) is 0.423. The normalized spacial score (nSPS) is 13.5. The molecule has 1 aliphatic carbocycles. The third kappa shape index (κ3) is 7.21. The Hall–Kier alpha value is -3.56. The number of benzene rings is 1. The fourth-order valence-electron chi connectivity index (χ4n) is 4.43. The van der Waals surface area contributed by atoms with Gasteiger partial charge in [0.1, 0.15) is 28.8 Å². The third-order valence-electron chi connectivity index (χ3n) is 6.22. The zero-order chi connectivity index (χ0) is 29.7. The zero-order valence-electron chi connectivity index (χ0n) is 22.7. The van der Waals surface area contributed by atoms with Gasteiger partial charge in [-0.15, -0.1) is 11.3 Å². The first-order valence-corrected chi connectivity index (χ1v) is 16.1. The van der Waals surface area contributed by atoms with Crippen molar-refractivity contribution in [3.8, 4) is 5.75 Å². The molecule has 0 unspecified atom stereocenters. The van der Waals surface area contributed by atoms with Crippen LogP contribution in [0.3, 0.4) is 0 Å². The Morgan fingerprint density at radius 2 is 1.83 bits per heavy atom. The van der Waals surface area contributed by atoms with Crippen LogP contribution in [0.15, 0.2) is 23.2 Å². The van der Waals surface area contributed by atoms with E-state index in [1.165, 1.54) is 30.1 Å². The number of nitrogens with one attached hydrogen (secondary N) is 1. The number of esters is 2. The molecule has 4 rings (SSSR count). The lowest BCUT2D eigenvalue weighted by molar-refractivity contribution is -0.141. The highest BCUT2D eigenvalue weighted by atomic mass is 32.2. The van der Waals surface area contributed by atoms with Gasteiger partial charge in [-0.2, -0.15) is 4.99 Å². The minimum Gasteiger partial charge on any atom is -0.497 e. The van der Waals surface area contributed by atoms with Gasteiger partial charge in [0.15, 0.2) is 14.6 Å². The van der Waals surface area contributed by atoms with Crippen molar-refractivity contribution in [2.45, 2.75) is 39.2 Å². The molecule has 41 heavy (non-hydrogen) atoms. The minimum atomic E-state index is -4.23. The number of aryl methyl sites for hydroxylation is 1. The number of hydrogen-bond donors (Lipinski definition) is 1. The van der Waals surface area contributed by atoms with Crippen molar-refractivity contribution in [2.75, 3.05) is 37.6 Å². The van der Waals surface area contributed by atoms with Crippen molar-refractivity contribution in [3.05, 3.63) is 39.0 Å². The summed E-state index contributed by atoms with van der Waals surface area (Å²) < 4.78 is 42.8. The molecule has 0 radical (unpaired) electrons. The first-order valence-electron chi connectivity index (χ1n) is 12.7. The van der Waals surface area contributed by atoms with E-state index >= 15 is 0 Å². The van der Waals surface area contributed by atoms with E-state index in [1.807, 2.05) is 0 Å². The van der Waals surface area contributed by atoms with E-state index in [1.54, 1.807) is 25.1 Å². The largest absolute Gasteiger partial charge is 0.497 e. The maximum absolute atomic E-state index is 12.8. The molecule has 220 valence electrons. The Morgan fingerprint density at radius 1 is 1.07 bits per heavy atom. The van der Waals surface area contributed by atoms with Gasteiger partial charge >= 0.3 is 11.9 Å². The van der Waals surface area contributed by atoms with Crippen molar-refractivity contribution in [3.63, 3.8) is 0 Å². The molecular formula is C26H29N3O9S3. The molecule has 0 aliphatic heterocycles. The molecule has 0 saturated heterocycles. The van der Waals surface area contributed by atoms with E-state index in [-0.39, 0.29) is 28.5 Å². The van der Waals surface area contributed by atoms with Gasteiger partial charge in [0.25, 0.3) is 5.91 Å². The first kappa shape index (κ1) is 30.4. The molecular weight excluding hydrogens is 594 g/mol. The number of carbonyl (C=O) groups is 4. The van der Waals surface area contributed by atoms with Gasteiger partial charge in [-0.25, -0.2) is 13.2 Å². The van der Waals surface area contributed by atoms with Crippen molar-refractivity contribution in [1.29, 1.82) is 0 Å². The Morgan fingerprint density at radius 3 is 2.54 bits per heavy atom. The predicted octanol–water partition coefficient (Wildman–Crippen LogP) is 2.48. The molecule has 0 atom stereocenters. The number of thiophene rings is 1. The van der Waals surface area contributed by atoms with Crippen LogP contribution in [0.25, 0.3) is 10.2 Å². The van der Waals surface area contributed by atoms with Gasteiger partial charge in [-0.05, 0) is 56.4 Å². The fourth-order valence-corrected chi connectivity index (χ4v) is 7.81. The van der Waals surface area contributed by atoms with Crippen LogP contribution in [-0.4, -0.2) is 69.1 Å². The molecule has 2 heterocycles. The van der Waals surface area contributed by atoms with Crippen LogP contribution in [0.4, 0.5) is 5.00 Å². The lowest BCUT2D eigenvalue weighted by Gasteiger charge is -2.12. The van der Waals surface area contributed by atoms with Gasteiger partial charge in [0.2, 0.25) is 5.91 Å². The number of rotatable bonds is 10. The summed E-state index contributed by atoms with van der Waals surface area (Å²) in [4.78, 5) is 55.1. The van der Waals surface area contributed by atoms with Crippen LogP contribution in [0.1, 0.15) is 40.6 Å². The van der Waals surface area contributed by atoms with Crippen molar-refractivity contribution >= 4 is 71.5 Å². The lowest BCUT2D eigenvalue weighted by Crippen LogP contribution is -2.29. The number of thiazole rings is 1. The number of carbonyl (C=O) groups excluding carboxylic acids is 4. The highest BCUT2D eigenvalue weighted by Crippen LogP contribution is 2.38. The molecule has 2 aromatic heterocycles. The van der Waals surface area contributed by atoms with E-state index in [0.29, 0.717) is 22.4 Å². The topological polar surface area (TPSA) is 159 Å². The molecule has 2 amide bonds. The highest BCUT2D eigenvalue weighted by Gasteiger charge is 2.29. The number of aromatic nitrogens is 1. The van der Waals surface area contributed by atoms with Crippen LogP contribution in [0.5, 0.6) is 5.75 Å². The van der Waals surface area contributed by atoms with E-state index in [2.05, 4.69) is 10.3 Å². The Kier molecular flexibility index (Phi) is 9.60. The number of nitrogens with zero attached hydrogens (tertiary/aromatic N) is 2. The number of sulfone groups is 1. The monoisotopic (exact) mass is 623 g/mol. The standard InChI is InChI=1S/C26H29N3O9S3/c1-4-38-25(33)23-16-7-5-6-8-18(16)39-24(23)27-20(30)13-41(34,35)14-21(31)28-26-29(12-22(32)37-3)17-10-9-15(36-2)11-19(17)40-26/h9-11H,4-8,12-14H2,1-3H3,(H,27,30). The van der Waals surface area contributed by atoms with Gasteiger partial charge in [-0.3, -0.25) is 14.4 Å². The molecule has 0 fully saturated rings. The summed E-state index contributed by atoms with van der Waals surface area (Å²) in [5.74, 6) is -4.50. The summed E-state index contributed by atoms with van der Waals surface area (Å²) in [6.07, 6.45) is 3.29. The summed E-state index contributed by atoms with van der Waals surface area (Å²) in [6, 6.07) is 5.06.